The van der Waals surface area contributed by atoms with Crippen molar-refractivity contribution in [1.29, 1.82) is 0 Å². The Hall–Kier alpha value is -1.31. The Morgan fingerprint density at radius 2 is 2.00 bits per heavy atom. The standard InChI is InChI=1S/C12H22N2O5S/c1-9(2)6-13(7-11(15)16)12(17)14-4-5-20(18,19)8-10(14)3/h9-10H,4-8H2,1-3H3,(H,15,16). The number of urea groups is 1. The van der Waals surface area contributed by atoms with E-state index in [2.05, 4.69) is 0 Å². The zero-order chi connectivity index (χ0) is 15.5. The molecule has 1 saturated heterocycles. The Morgan fingerprint density at radius 3 is 2.45 bits per heavy atom. The summed E-state index contributed by atoms with van der Waals surface area (Å²) < 4.78 is 23.0. The van der Waals surface area contributed by atoms with Crippen LogP contribution in [0.4, 0.5) is 4.79 Å². The number of carbonyl (C=O) groups is 2. The largest absolute Gasteiger partial charge is 0.480 e. The monoisotopic (exact) mass is 306 g/mol. The molecule has 1 fully saturated rings. The van der Waals surface area contributed by atoms with E-state index in [1.165, 1.54) is 9.80 Å². The van der Waals surface area contributed by atoms with Crippen LogP contribution in [0.15, 0.2) is 0 Å². The van der Waals surface area contributed by atoms with Crippen LogP contribution in [0.5, 0.6) is 0 Å². The number of hydrogen-bond acceptors (Lipinski definition) is 4. The van der Waals surface area contributed by atoms with Gasteiger partial charge in [0.1, 0.15) is 6.54 Å². The van der Waals surface area contributed by atoms with Crippen molar-refractivity contribution in [2.24, 2.45) is 5.92 Å². The zero-order valence-electron chi connectivity index (χ0n) is 12.1. The molecule has 0 aromatic heterocycles. The highest BCUT2D eigenvalue weighted by Crippen LogP contribution is 2.14. The molecule has 1 unspecified atom stereocenters. The molecule has 1 rings (SSSR count). The van der Waals surface area contributed by atoms with Crippen LogP contribution in [0.1, 0.15) is 20.8 Å². The highest BCUT2D eigenvalue weighted by Gasteiger charge is 2.34. The van der Waals surface area contributed by atoms with Crippen molar-refractivity contribution in [3.63, 3.8) is 0 Å². The van der Waals surface area contributed by atoms with Gasteiger partial charge in [0.15, 0.2) is 9.84 Å². The smallest absolute Gasteiger partial charge is 0.323 e. The summed E-state index contributed by atoms with van der Waals surface area (Å²) in [6.45, 7) is 5.55. The van der Waals surface area contributed by atoms with Gasteiger partial charge in [-0.2, -0.15) is 0 Å². The van der Waals surface area contributed by atoms with E-state index in [1.54, 1.807) is 6.92 Å². The summed E-state index contributed by atoms with van der Waals surface area (Å²) in [5.41, 5.74) is 0. The number of carboxylic acid groups (broad SMARTS) is 1. The molecule has 0 saturated carbocycles. The topological polar surface area (TPSA) is 95.0 Å². The zero-order valence-corrected chi connectivity index (χ0v) is 12.9. The lowest BCUT2D eigenvalue weighted by molar-refractivity contribution is -0.137. The molecule has 1 atom stereocenters. The number of carbonyl (C=O) groups excluding carboxylic acids is 1. The van der Waals surface area contributed by atoms with Gasteiger partial charge in [0.2, 0.25) is 0 Å². The van der Waals surface area contributed by atoms with Gasteiger partial charge in [-0.05, 0) is 12.8 Å². The number of aliphatic carboxylic acids is 1. The summed E-state index contributed by atoms with van der Waals surface area (Å²) in [5, 5.41) is 8.88. The third-order valence-corrected chi connectivity index (χ3v) is 4.89. The number of amides is 2. The SMILES string of the molecule is CC(C)CN(CC(=O)O)C(=O)N1CCS(=O)(=O)CC1C. The minimum atomic E-state index is -3.10. The molecular formula is C12H22N2O5S. The fraction of sp³-hybridized carbons (Fsp3) is 0.833. The van der Waals surface area contributed by atoms with Gasteiger partial charge >= 0.3 is 12.0 Å². The van der Waals surface area contributed by atoms with Gasteiger partial charge in [0, 0.05) is 19.1 Å². The van der Waals surface area contributed by atoms with Gasteiger partial charge in [0.25, 0.3) is 0 Å². The Labute approximate surface area is 119 Å². The van der Waals surface area contributed by atoms with Gasteiger partial charge in [-0.1, -0.05) is 13.8 Å². The Morgan fingerprint density at radius 1 is 1.40 bits per heavy atom. The number of nitrogens with zero attached hydrogens (tertiary/aromatic N) is 2. The maximum Gasteiger partial charge on any atom is 0.323 e. The van der Waals surface area contributed by atoms with Gasteiger partial charge in [-0.25, -0.2) is 13.2 Å². The first kappa shape index (κ1) is 16.7. The lowest BCUT2D eigenvalue weighted by Gasteiger charge is -2.37. The van der Waals surface area contributed by atoms with Crippen LogP contribution in [0.25, 0.3) is 0 Å². The van der Waals surface area contributed by atoms with E-state index in [0.29, 0.717) is 6.54 Å². The Balaban J connectivity index is 2.81. The van der Waals surface area contributed by atoms with Crippen LogP contribution >= 0.6 is 0 Å². The summed E-state index contributed by atoms with van der Waals surface area (Å²) in [5.74, 6) is -1.06. The van der Waals surface area contributed by atoms with Crippen LogP contribution in [0, 0.1) is 5.92 Å². The average Bonchev–Trinajstić information content (AvgIpc) is 2.24. The van der Waals surface area contributed by atoms with Crippen LogP contribution in [-0.2, 0) is 14.6 Å². The molecule has 0 aliphatic carbocycles. The summed E-state index contributed by atoms with van der Waals surface area (Å²) in [6.07, 6.45) is 0. The quantitative estimate of drug-likeness (QED) is 0.804. The highest BCUT2D eigenvalue weighted by atomic mass is 32.2. The van der Waals surface area contributed by atoms with E-state index in [1.807, 2.05) is 13.8 Å². The molecule has 0 bridgehead atoms. The summed E-state index contributed by atoms with van der Waals surface area (Å²) in [6, 6.07) is -0.826. The molecule has 116 valence electrons. The van der Waals surface area contributed by atoms with Crippen molar-refractivity contribution in [3.05, 3.63) is 0 Å². The van der Waals surface area contributed by atoms with Crippen LogP contribution in [0.2, 0.25) is 0 Å². The van der Waals surface area contributed by atoms with Gasteiger partial charge in [-0.15, -0.1) is 0 Å². The number of hydrogen-bond donors (Lipinski definition) is 1. The molecule has 7 nitrogen and oxygen atoms in total. The maximum atomic E-state index is 12.4. The Bertz CT molecular complexity index is 474. The maximum absolute atomic E-state index is 12.4. The molecule has 2 amide bonds. The van der Waals surface area contributed by atoms with E-state index in [4.69, 9.17) is 5.11 Å². The minimum absolute atomic E-state index is 0.0638. The number of carboxylic acids is 1. The second kappa shape index (κ2) is 6.43. The third-order valence-electron chi connectivity index (χ3n) is 3.10. The molecule has 20 heavy (non-hydrogen) atoms. The van der Waals surface area contributed by atoms with E-state index in [9.17, 15) is 18.0 Å². The molecule has 0 radical (unpaired) electrons. The number of sulfone groups is 1. The first-order valence-corrected chi connectivity index (χ1v) is 8.42. The molecule has 8 heteroatoms. The van der Waals surface area contributed by atoms with E-state index >= 15 is 0 Å². The summed E-state index contributed by atoms with van der Waals surface area (Å²) >= 11 is 0. The van der Waals surface area contributed by atoms with Crippen LogP contribution < -0.4 is 0 Å². The van der Waals surface area contributed by atoms with E-state index < -0.39 is 27.9 Å². The normalized spacial score (nSPS) is 21.8. The van der Waals surface area contributed by atoms with E-state index in [0.717, 1.165) is 0 Å². The van der Waals surface area contributed by atoms with E-state index in [-0.39, 0.29) is 30.5 Å². The molecule has 0 spiro atoms. The van der Waals surface area contributed by atoms with Crippen LogP contribution in [0.3, 0.4) is 0 Å². The predicted octanol–water partition coefficient (Wildman–Crippen LogP) is 0.268. The van der Waals surface area contributed by atoms with Crippen LogP contribution in [-0.4, -0.2) is 72.5 Å². The lowest BCUT2D eigenvalue weighted by atomic mass is 10.2. The molecule has 1 aliphatic rings. The van der Waals surface area contributed by atoms with Gasteiger partial charge < -0.3 is 14.9 Å². The fourth-order valence-corrected chi connectivity index (χ4v) is 3.84. The third kappa shape index (κ3) is 4.66. The fourth-order valence-electron chi connectivity index (χ4n) is 2.28. The van der Waals surface area contributed by atoms with Crippen molar-refractivity contribution in [1.82, 2.24) is 9.80 Å². The second-order valence-electron chi connectivity index (χ2n) is 5.61. The molecule has 0 aromatic rings. The summed E-state index contributed by atoms with van der Waals surface area (Å²) in [7, 11) is -3.10. The lowest BCUT2D eigenvalue weighted by Crippen LogP contribution is -2.55. The van der Waals surface area contributed by atoms with Crippen molar-refractivity contribution >= 4 is 21.8 Å². The molecule has 1 heterocycles. The second-order valence-corrected chi connectivity index (χ2v) is 7.84. The predicted molar refractivity (Wildman–Crippen MR) is 74.3 cm³/mol. The van der Waals surface area contributed by atoms with Gasteiger partial charge in [-0.3, -0.25) is 4.79 Å². The van der Waals surface area contributed by atoms with Crippen molar-refractivity contribution in [3.8, 4) is 0 Å². The van der Waals surface area contributed by atoms with Crippen molar-refractivity contribution < 1.29 is 23.1 Å². The molecular weight excluding hydrogens is 284 g/mol. The minimum Gasteiger partial charge on any atom is -0.480 e. The highest BCUT2D eigenvalue weighted by molar-refractivity contribution is 7.91. The molecule has 1 N–H and O–H groups in total. The first-order valence-electron chi connectivity index (χ1n) is 6.60. The summed E-state index contributed by atoms with van der Waals surface area (Å²) in [4.78, 5) is 26.0. The average molecular weight is 306 g/mol. The Kier molecular flexibility index (Phi) is 5.38. The first-order chi connectivity index (χ1) is 9.12. The van der Waals surface area contributed by atoms with Crippen molar-refractivity contribution in [2.45, 2.75) is 26.8 Å². The number of rotatable bonds is 4. The molecule has 1 aliphatic heterocycles. The van der Waals surface area contributed by atoms with Crippen molar-refractivity contribution in [2.75, 3.05) is 31.1 Å². The molecule has 0 aromatic carbocycles. The van der Waals surface area contributed by atoms with Gasteiger partial charge in [0.05, 0.1) is 11.5 Å².